The first-order chi connectivity index (χ1) is 12.8. The van der Waals surface area contributed by atoms with Crippen molar-refractivity contribution in [1.82, 2.24) is 14.6 Å². The fourth-order valence-electron chi connectivity index (χ4n) is 3.19. The van der Waals surface area contributed by atoms with Gasteiger partial charge in [-0.3, -0.25) is 0 Å². The van der Waals surface area contributed by atoms with Crippen molar-refractivity contribution in [3.05, 3.63) is 35.9 Å². The van der Waals surface area contributed by atoms with E-state index < -0.39 is 0 Å². The number of imidazole rings is 1. The highest BCUT2D eigenvalue weighted by Crippen LogP contribution is 2.29. The van der Waals surface area contributed by atoms with Crippen LogP contribution in [0.1, 0.15) is 26.5 Å². The number of hydrogen-bond donors (Lipinski definition) is 0. The maximum Gasteiger partial charge on any atom is 0.214 e. The van der Waals surface area contributed by atoms with Crippen LogP contribution >= 0.6 is 11.3 Å². The Kier molecular flexibility index (Phi) is 4.46. The molecule has 144 valence electrons. The van der Waals surface area contributed by atoms with Gasteiger partial charge in [0.15, 0.2) is 11.6 Å². The molecule has 1 fully saturated rings. The van der Waals surface area contributed by atoms with Crippen LogP contribution in [0.5, 0.6) is 5.75 Å². The van der Waals surface area contributed by atoms with Crippen LogP contribution in [-0.2, 0) is 5.41 Å². The van der Waals surface area contributed by atoms with Crippen molar-refractivity contribution in [1.29, 1.82) is 0 Å². The molecule has 3 heterocycles. The fourth-order valence-corrected chi connectivity index (χ4v) is 4.12. The van der Waals surface area contributed by atoms with Crippen molar-refractivity contribution in [2.45, 2.75) is 26.2 Å². The third kappa shape index (κ3) is 3.45. The number of anilines is 2. The van der Waals surface area contributed by atoms with E-state index in [1.54, 1.807) is 23.5 Å². The Labute approximate surface area is 162 Å². The van der Waals surface area contributed by atoms with E-state index >= 15 is 0 Å². The number of nitrogens with zero attached hydrogens (tertiary/aromatic N) is 5. The Morgan fingerprint density at radius 1 is 1.11 bits per heavy atom. The zero-order chi connectivity index (χ0) is 19.2. The van der Waals surface area contributed by atoms with E-state index in [1.165, 1.54) is 7.11 Å². The average molecular weight is 390 g/mol. The maximum absolute atomic E-state index is 14.0. The maximum atomic E-state index is 14.0. The molecular formula is C19H24FN5OS. The van der Waals surface area contributed by atoms with Crippen molar-refractivity contribution >= 4 is 27.1 Å². The number of methoxy groups -OCH3 is 1. The van der Waals surface area contributed by atoms with Crippen molar-refractivity contribution in [2.24, 2.45) is 0 Å². The zero-order valence-electron chi connectivity index (χ0n) is 16.1. The van der Waals surface area contributed by atoms with E-state index in [0.29, 0.717) is 0 Å². The van der Waals surface area contributed by atoms with Gasteiger partial charge in [-0.05, 0) is 12.1 Å². The summed E-state index contributed by atoms with van der Waals surface area (Å²) in [5, 5.41) is 5.69. The van der Waals surface area contributed by atoms with Gasteiger partial charge in [0.05, 0.1) is 19.0 Å². The van der Waals surface area contributed by atoms with Gasteiger partial charge >= 0.3 is 0 Å². The molecule has 0 saturated carbocycles. The van der Waals surface area contributed by atoms with Crippen LogP contribution in [0.2, 0.25) is 0 Å². The first kappa shape index (κ1) is 18.0. The molecule has 0 N–H and O–H groups in total. The second-order valence-electron chi connectivity index (χ2n) is 7.78. The van der Waals surface area contributed by atoms with Gasteiger partial charge in [0.1, 0.15) is 0 Å². The summed E-state index contributed by atoms with van der Waals surface area (Å²) >= 11 is 1.62. The quantitative estimate of drug-likeness (QED) is 0.685. The molecule has 0 spiro atoms. The normalized spacial score (nSPS) is 15.6. The summed E-state index contributed by atoms with van der Waals surface area (Å²) in [5.41, 5.74) is 1.96. The molecule has 0 radical (unpaired) electrons. The highest BCUT2D eigenvalue weighted by Gasteiger charge is 2.23. The fraction of sp³-hybridized carbons (Fsp3) is 0.474. The molecule has 1 saturated heterocycles. The van der Waals surface area contributed by atoms with Crippen molar-refractivity contribution in [3.63, 3.8) is 0 Å². The van der Waals surface area contributed by atoms with Crippen LogP contribution in [0.4, 0.5) is 15.2 Å². The van der Waals surface area contributed by atoms with Crippen LogP contribution in [-0.4, -0.2) is 47.9 Å². The molecular weight excluding hydrogens is 365 g/mol. The minimum Gasteiger partial charge on any atom is -0.494 e. The molecule has 1 aliphatic heterocycles. The molecule has 0 aliphatic carbocycles. The molecule has 1 aliphatic rings. The summed E-state index contributed by atoms with van der Waals surface area (Å²) in [6.07, 6.45) is 2.02. The largest absolute Gasteiger partial charge is 0.494 e. The zero-order valence-corrected chi connectivity index (χ0v) is 16.9. The van der Waals surface area contributed by atoms with Crippen molar-refractivity contribution in [2.75, 3.05) is 43.1 Å². The molecule has 6 nitrogen and oxygen atoms in total. The van der Waals surface area contributed by atoms with Gasteiger partial charge in [-0.2, -0.15) is 0 Å². The minimum atomic E-state index is -0.326. The van der Waals surface area contributed by atoms with Crippen molar-refractivity contribution in [3.8, 4) is 5.75 Å². The summed E-state index contributed by atoms with van der Waals surface area (Å²) in [5.74, 6) is -0.0497. The van der Waals surface area contributed by atoms with Gasteiger partial charge in [0, 0.05) is 43.3 Å². The molecule has 1 aromatic carbocycles. The van der Waals surface area contributed by atoms with E-state index in [-0.39, 0.29) is 17.0 Å². The van der Waals surface area contributed by atoms with Gasteiger partial charge in [-0.25, -0.2) is 13.9 Å². The Balaban J connectivity index is 1.45. The summed E-state index contributed by atoms with van der Waals surface area (Å²) in [4.78, 5) is 10.1. The summed E-state index contributed by atoms with van der Waals surface area (Å²) in [6.45, 7) is 9.79. The van der Waals surface area contributed by atoms with E-state index in [4.69, 9.17) is 14.8 Å². The lowest BCUT2D eigenvalue weighted by Gasteiger charge is -2.35. The monoisotopic (exact) mass is 389 g/mol. The number of hydrogen-bond acceptors (Lipinski definition) is 6. The van der Waals surface area contributed by atoms with Gasteiger partial charge in [-0.15, -0.1) is 5.10 Å². The first-order valence-electron chi connectivity index (χ1n) is 9.05. The third-order valence-electron chi connectivity index (χ3n) is 4.85. The minimum absolute atomic E-state index is 0.0207. The number of ether oxygens (including phenoxy) is 1. The Hall–Kier alpha value is -2.35. The topological polar surface area (TPSA) is 45.9 Å². The number of aromatic nitrogens is 3. The Morgan fingerprint density at radius 2 is 1.81 bits per heavy atom. The lowest BCUT2D eigenvalue weighted by Crippen LogP contribution is -2.46. The van der Waals surface area contributed by atoms with Crippen LogP contribution in [0.3, 0.4) is 0 Å². The van der Waals surface area contributed by atoms with Crippen LogP contribution in [0.25, 0.3) is 4.96 Å². The smallest absolute Gasteiger partial charge is 0.214 e. The van der Waals surface area contributed by atoms with E-state index in [2.05, 4.69) is 30.6 Å². The third-order valence-corrected chi connectivity index (χ3v) is 5.83. The number of piperazine rings is 1. The average Bonchev–Trinajstić information content (AvgIpc) is 3.21. The van der Waals surface area contributed by atoms with Gasteiger partial charge in [0.25, 0.3) is 0 Å². The molecule has 0 unspecified atom stereocenters. The second-order valence-corrected chi connectivity index (χ2v) is 8.72. The van der Waals surface area contributed by atoms with Crippen LogP contribution in [0, 0.1) is 5.82 Å². The molecule has 0 atom stereocenters. The summed E-state index contributed by atoms with van der Waals surface area (Å²) < 4.78 is 20.8. The van der Waals surface area contributed by atoms with Crippen molar-refractivity contribution < 1.29 is 9.13 Å². The lowest BCUT2D eigenvalue weighted by molar-refractivity contribution is 0.386. The highest BCUT2D eigenvalue weighted by atomic mass is 32.1. The molecule has 4 rings (SSSR count). The predicted octanol–water partition coefficient (Wildman–Crippen LogP) is 3.56. The highest BCUT2D eigenvalue weighted by molar-refractivity contribution is 7.20. The molecule has 2 aromatic heterocycles. The number of benzene rings is 1. The number of halogens is 1. The van der Waals surface area contributed by atoms with E-state index in [9.17, 15) is 4.39 Å². The molecule has 0 amide bonds. The molecule has 3 aromatic rings. The van der Waals surface area contributed by atoms with E-state index in [0.717, 1.165) is 47.7 Å². The van der Waals surface area contributed by atoms with Gasteiger partial charge < -0.3 is 14.5 Å². The van der Waals surface area contributed by atoms with Gasteiger partial charge in [0.2, 0.25) is 10.1 Å². The Morgan fingerprint density at radius 3 is 2.41 bits per heavy atom. The molecule has 0 bridgehead atoms. The molecule has 8 heteroatoms. The Bertz CT molecular complexity index is 921. The number of fused-ring (bicyclic) bond motifs is 1. The SMILES string of the molecule is COc1ccc(N2CCN(c3nn4cc(C(C)(C)C)nc4s3)CC2)cc1F. The van der Waals surface area contributed by atoms with Crippen LogP contribution in [0.15, 0.2) is 24.4 Å². The first-order valence-corrected chi connectivity index (χ1v) is 9.87. The van der Waals surface area contributed by atoms with E-state index in [1.807, 2.05) is 16.8 Å². The molecule has 27 heavy (non-hydrogen) atoms. The summed E-state index contributed by atoms with van der Waals surface area (Å²) in [6, 6.07) is 5.13. The summed E-state index contributed by atoms with van der Waals surface area (Å²) in [7, 11) is 1.48. The number of rotatable bonds is 3. The standard InChI is InChI=1S/C19H24FN5OS/c1-19(2,3)16-12-25-17(21-16)27-18(22-25)24-9-7-23(8-10-24)13-5-6-15(26-4)14(20)11-13/h5-6,11-12H,7-10H2,1-4H3. The second kappa shape index (κ2) is 6.67. The lowest BCUT2D eigenvalue weighted by atomic mass is 9.93. The van der Waals surface area contributed by atoms with Gasteiger partial charge in [-0.1, -0.05) is 32.1 Å². The van der Waals surface area contributed by atoms with Crippen LogP contribution < -0.4 is 14.5 Å². The predicted molar refractivity (Wildman–Crippen MR) is 107 cm³/mol.